The molecule has 0 amide bonds. The van der Waals surface area contributed by atoms with Crippen molar-refractivity contribution in [3.63, 3.8) is 0 Å². The molecular formula is C18H32N4O2. The number of nitrogens with two attached hydrogens (primary N) is 1. The minimum Gasteiger partial charge on any atom is -0.475 e. The number of morpholine rings is 1. The third-order valence-electron chi connectivity index (χ3n) is 5.23. The van der Waals surface area contributed by atoms with E-state index in [4.69, 9.17) is 15.2 Å². The Kier molecular flexibility index (Phi) is 5.79. The molecule has 6 nitrogen and oxygen atoms in total. The van der Waals surface area contributed by atoms with Gasteiger partial charge in [0.1, 0.15) is 6.61 Å². The maximum Gasteiger partial charge on any atom is 0.235 e. The van der Waals surface area contributed by atoms with Crippen molar-refractivity contribution < 1.29 is 9.47 Å². The summed E-state index contributed by atoms with van der Waals surface area (Å²) in [6, 6.07) is 1.19. The van der Waals surface area contributed by atoms with E-state index in [0.717, 1.165) is 24.5 Å². The van der Waals surface area contributed by atoms with Crippen molar-refractivity contribution >= 4 is 0 Å². The van der Waals surface area contributed by atoms with Crippen LogP contribution in [0.5, 0.6) is 5.88 Å². The highest BCUT2D eigenvalue weighted by molar-refractivity contribution is 5.21. The largest absolute Gasteiger partial charge is 0.475 e. The van der Waals surface area contributed by atoms with E-state index in [0.29, 0.717) is 37.4 Å². The Morgan fingerprint density at radius 1 is 1.17 bits per heavy atom. The first-order valence-corrected chi connectivity index (χ1v) is 9.35. The molecule has 2 fully saturated rings. The quantitative estimate of drug-likeness (QED) is 0.892. The molecule has 136 valence electrons. The summed E-state index contributed by atoms with van der Waals surface area (Å²) in [5.41, 5.74) is 6.61. The predicted molar refractivity (Wildman–Crippen MR) is 94.4 cm³/mol. The maximum atomic E-state index is 5.87. The van der Waals surface area contributed by atoms with Gasteiger partial charge < -0.3 is 15.2 Å². The van der Waals surface area contributed by atoms with Gasteiger partial charge in [-0.05, 0) is 46.5 Å². The number of ether oxygens (including phenoxy) is 2. The summed E-state index contributed by atoms with van der Waals surface area (Å²) < 4.78 is 13.6. The highest BCUT2D eigenvalue weighted by atomic mass is 16.5. The topological polar surface area (TPSA) is 65.5 Å². The van der Waals surface area contributed by atoms with E-state index >= 15 is 0 Å². The molecule has 0 bridgehead atoms. The van der Waals surface area contributed by atoms with E-state index in [1.807, 2.05) is 0 Å². The molecule has 1 aromatic rings. The van der Waals surface area contributed by atoms with E-state index in [9.17, 15) is 0 Å². The summed E-state index contributed by atoms with van der Waals surface area (Å²) in [4.78, 5) is 2.64. The van der Waals surface area contributed by atoms with Crippen LogP contribution in [-0.4, -0.2) is 59.2 Å². The lowest BCUT2D eigenvalue weighted by Crippen LogP contribution is -2.51. The van der Waals surface area contributed by atoms with Gasteiger partial charge in [-0.15, -0.1) is 5.10 Å². The maximum absolute atomic E-state index is 5.87. The molecule has 0 spiro atoms. The number of nitrogens with zero attached hydrogens (tertiary/aromatic N) is 3. The molecule has 2 aliphatic rings. The van der Waals surface area contributed by atoms with Crippen LogP contribution in [0.3, 0.4) is 0 Å². The van der Waals surface area contributed by atoms with Crippen LogP contribution in [0.2, 0.25) is 0 Å². The van der Waals surface area contributed by atoms with Crippen LogP contribution in [0.1, 0.15) is 51.1 Å². The van der Waals surface area contributed by atoms with Crippen LogP contribution in [0, 0.1) is 6.92 Å². The van der Waals surface area contributed by atoms with Gasteiger partial charge in [-0.2, -0.15) is 0 Å². The molecule has 0 unspecified atom stereocenters. The van der Waals surface area contributed by atoms with Crippen molar-refractivity contribution in [2.24, 2.45) is 5.73 Å². The van der Waals surface area contributed by atoms with Gasteiger partial charge >= 0.3 is 0 Å². The minimum atomic E-state index is 0.350. The highest BCUT2D eigenvalue weighted by Crippen LogP contribution is 2.33. The second kappa shape index (κ2) is 7.85. The number of hydrogen-bond acceptors (Lipinski definition) is 5. The Hall–Kier alpha value is -1.11. The van der Waals surface area contributed by atoms with Crippen LogP contribution in [-0.2, 0) is 4.74 Å². The first-order chi connectivity index (χ1) is 11.6. The average Bonchev–Trinajstić information content (AvgIpc) is 2.93. The molecule has 1 saturated carbocycles. The van der Waals surface area contributed by atoms with Gasteiger partial charge in [0.25, 0.3) is 0 Å². The fourth-order valence-electron chi connectivity index (χ4n) is 4.16. The van der Waals surface area contributed by atoms with Gasteiger partial charge in [-0.3, -0.25) is 9.58 Å². The lowest BCUT2D eigenvalue weighted by molar-refractivity contribution is -0.0852. The van der Waals surface area contributed by atoms with Crippen molar-refractivity contribution in [3.8, 4) is 5.88 Å². The van der Waals surface area contributed by atoms with Crippen molar-refractivity contribution in [1.29, 1.82) is 0 Å². The summed E-state index contributed by atoms with van der Waals surface area (Å²) in [5, 5.41) is 4.64. The van der Waals surface area contributed by atoms with E-state index in [1.165, 1.54) is 25.7 Å². The van der Waals surface area contributed by atoms with E-state index in [1.54, 1.807) is 0 Å². The summed E-state index contributed by atoms with van der Waals surface area (Å²) in [7, 11) is 0. The van der Waals surface area contributed by atoms with E-state index in [2.05, 4.69) is 41.6 Å². The third kappa shape index (κ3) is 4.10. The van der Waals surface area contributed by atoms with Gasteiger partial charge in [-0.1, -0.05) is 0 Å². The standard InChI is InChI=1S/C18H32N4O2/c1-13-10-22(20-18(13)23-9-8-19)17-6-4-16(5-7-17)21-11-14(2)24-15(3)12-21/h10,14-17H,4-9,11-12,19H2,1-3H3/t14-,15+,16-,17-. The van der Waals surface area contributed by atoms with Gasteiger partial charge in [-0.25, -0.2) is 0 Å². The van der Waals surface area contributed by atoms with Crippen molar-refractivity contribution in [3.05, 3.63) is 11.8 Å². The molecule has 2 atom stereocenters. The molecule has 1 aliphatic heterocycles. The zero-order chi connectivity index (χ0) is 17.1. The second-order valence-electron chi connectivity index (χ2n) is 7.41. The van der Waals surface area contributed by atoms with Crippen molar-refractivity contribution in [2.75, 3.05) is 26.2 Å². The van der Waals surface area contributed by atoms with Gasteiger partial charge in [0.2, 0.25) is 5.88 Å². The summed E-state index contributed by atoms with van der Waals surface area (Å²) in [6.45, 7) is 9.60. The molecule has 0 aromatic carbocycles. The Morgan fingerprint density at radius 2 is 1.79 bits per heavy atom. The molecular weight excluding hydrogens is 304 g/mol. The number of hydrogen-bond donors (Lipinski definition) is 1. The predicted octanol–water partition coefficient (Wildman–Crippen LogP) is 2.12. The van der Waals surface area contributed by atoms with Gasteiger partial charge in [0.05, 0.1) is 18.2 Å². The average molecular weight is 336 g/mol. The van der Waals surface area contributed by atoms with Crippen LogP contribution < -0.4 is 10.5 Å². The molecule has 2 N–H and O–H groups in total. The Morgan fingerprint density at radius 3 is 2.42 bits per heavy atom. The normalized spacial score (nSPS) is 32.0. The van der Waals surface area contributed by atoms with Crippen molar-refractivity contribution in [1.82, 2.24) is 14.7 Å². The number of rotatable bonds is 5. The Balaban J connectivity index is 1.55. The molecule has 0 radical (unpaired) electrons. The van der Waals surface area contributed by atoms with Crippen LogP contribution in [0.4, 0.5) is 0 Å². The monoisotopic (exact) mass is 336 g/mol. The highest BCUT2D eigenvalue weighted by Gasteiger charge is 2.31. The zero-order valence-corrected chi connectivity index (χ0v) is 15.3. The summed E-state index contributed by atoms with van der Waals surface area (Å²) >= 11 is 0. The SMILES string of the molecule is Cc1cn([C@H]2CC[C@H](N3C[C@@H](C)O[C@@H](C)C3)CC2)nc1OCCN. The van der Waals surface area contributed by atoms with Crippen LogP contribution in [0.25, 0.3) is 0 Å². The zero-order valence-electron chi connectivity index (χ0n) is 15.3. The van der Waals surface area contributed by atoms with E-state index < -0.39 is 0 Å². The molecule has 24 heavy (non-hydrogen) atoms. The first kappa shape index (κ1) is 17.7. The fourth-order valence-corrected chi connectivity index (χ4v) is 4.16. The lowest BCUT2D eigenvalue weighted by Gasteiger charge is -2.42. The Bertz CT molecular complexity index is 515. The first-order valence-electron chi connectivity index (χ1n) is 9.35. The molecule has 2 heterocycles. The van der Waals surface area contributed by atoms with E-state index in [-0.39, 0.29) is 0 Å². The molecule has 1 aliphatic carbocycles. The number of aryl methyl sites for hydroxylation is 1. The molecule has 3 rings (SSSR count). The molecule has 1 aromatic heterocycles. The Labute approximate surface area is 145 Å². The smallest absolute Gasteiger partial charge is 0.235 e. The second-order valence-corrected chi connectivity index (χ2v) is 7.41. The summed E-state index contributed by atoms with van der Waals surface area (Å²) in [6.07, 6.45) is 7.66. The van der Waals surface area contributed by atoms with Crippen molar-refractivity contribution in [2.45, 2.75) is 70.7 Å². The molecule has 1 saturated heterocycles. The number of aromatic nitrogens is 2. The van der Waals surface area contributed by atoms with Crippen LogP contribution in [0.15, 0.2) is 6.20 Å². The van der Waals surface area contributed by atoms with Gasteiger partial charge in [0.15, 0.2) is 0 Å². The fraction of sp³-hybridized carbons (Fsp3) is 0.833. The van der Waals surface area contributed by atoms with Gasteiger partial charge in [0, 0.05) is 37.4 Å². The van der Waals surface area contributed by atoms with Crippen LogP contribution >= 0.6 is 0 Å². The lowest BCUT2D eigenvalue weighted by atomic mass is 9.89. The molecule has 6 heteroatoms. The minimum absolute atomic E-state index is 0.350. The summed E-state index contributed by atoms with van der Waals surface area (Å²) in [5.74, 6) is 0.735. The third-order valence-corrected chi connectivity index (χ3v) is 5.23.